The van der Waals surface area contributed by atoms with Crippen LogP contribution in [-0.2, 0) is 4.79 Å². The maximum absolute atomic E-state index is 10.8. The quantitative estimate of drug-likeness (QED) is 0.650. The smallest absolute Gasteiger partial charge is 0.308 e. The minimum Gasteiger partial charge on any atom is -0.481 e. The molecule has 0 aromatic carbocycles. The van der Waals surface area contributed by atoms with Crippen LogP contribution in [0.4, 0.5) is 0 Å². The minimum atomic E-state index is -0.747. The van der Waals surface area contributed by atoms with Crippen molar-refractivity contribution in [1.82, 2.24) is 4.90 Å². The zero-order chi connectivity index (χ0) is 9.84. The first-order valence-corrected chi connectivity index (χ1v) is 4.76. The molecule has 0 bridgehead atoms. The molecule has 1 heterocycles. The van der Waals surface area contributed by atoms with Crippen LogP contribution in [0.3, 0.4) is 0 Å². The molecule has 1 aliphatic heterocycles. The first kappa shape index (κ1) is 10.5. The number of nitrogens with zero attached hydrogens (tertiary/aromatic N) is 1. The first-order chi connectivity index (χ1) is 6.15. The Morgan fingerprint density at radius 2 is 2.46 bits per heavy atom. The number of rotatable bonds is 3. The Bertz CT molecular complexity index is 184. The summed E-state index contributed by atoms with van der Waals surface area (Å²) in [6.07, 6.45) is 2.09. The number of carbonyl (C=O) groups is 1. The van der Waals surface area contributed by atoms with Crippen LogP contribution >= 0.6 is 0 Å². The molecule has 2 atom stereocenters. The van der Waals surface area contributed by atoms with Gasteiger partial charge in [-0.15, -0.1) is 0 Å². The topological polar surface area (TPSA) is 66.6 Å². The molecule has 1 saturated heterocycles. The molecule has 0 radical (unpaired) electrons. The molecule has 13 heavy (non-hydrogen) atoms. The van der Waals surface area contributed by atoms with Crippen molar-refractivity contribution in [3.05, 3.63) is 0 Å². The number of carboxylic acid groups (broad SMARTS) is 1. The minimum absolute atomic E-state index is 0.237. The SMILES string of the molecule is CN1CCCC(C(CN)C(=O)O)C1. The second kappa shape index (κ2) is 4.58. The summed E-state index contributed by atoms with van der Waals surface area (Å²) in [6.45, 7) is 2.20. The van der Waals surface area contributed by atoms with Crippen molar-refractivity contribution >= 4 is 5.97 Å². The number of carboxylic acids is 1. The fourth-order valence-corrected chi connectivity index (χ4v) is 2.03. The van der Waals surface area contributed by atoms with Crippen LogP contribution in [0.15, 0.2) is 0 Å². The van der Waals surface area contributed by atoms with E-state index in [2.05, 4.69) is 4.90 Å². The van der Waals surface area contributed by atoms with E-state index >= 15 is 0 Å². The van der Waals surface area contributed by atoms with E-state index in [-0.39, 0.29) is 18.4 Å². The highest BCUT2D eigenvalue weighted by Crippen LogP contribution is 2.22. The Balaban J connectivity index is 2.52. The van der Waals surface area contributed by atoms with E-state index in [9.17, 15) is 4.79 Å². The van der Waals surface area contributed by atoms with E-state index in [4.69, 9.17) is 10.8 Å². The van der Waals surface area contributed by atoms with E-state index in [0.717, 1.165) is 25.9 Å². The first-order valence-electron chi connectivity index (χ1n) is 4.76. The van der Waals surface area contributed by atoms with E-state index in [0.29, 0.717) is 0 Å². The molecule has 4 heteroatoms. The van der Waals surface area contributed by atoms with Gasteiger partial charge in [0.1, 0.15) is 0 Å². The van der Waals surface area contributed by atoms with Gasteiger partial charge >= 0.3 is 5.97 Å². The van der Waals surface area contributed by atoms with Gasteiger partial charge in [-0.25, -0.2) is 0 Å². The molecule has 0 aromatic heterocycles. The average Bonchev–Trinajstić information content (AvgIpc) is 2.04. The highest BCUT2D eigenvalue weighted by molar-refractivity contribution is 5.70. The highest BCUT2D eigenvalue weighted by Gasteiger charge is 2.29. The van der Waals surface area contributed by atoms with Gasteiger partial charge in [0.25, 0.3) is 0 Å². The molecule has 1 rings (SSSR count). The number of hydrogen-bond donors (Lipinski definition) is 2. The van der Waals surface area contributed by atoms with Crippen molar-refractivity contribution in [2.75, 3.05) is 26.7 Å². The molecule has 0 aromatic rings. The summed E-state index contributed by atoms with van der Waals surface area (Å²) in [7, 11) is 2.03. The maximum Gasteiger partial charge on any atom is 0.308 e. The third-order valence-electron chi connectivity index (χ3n) is 2.80. The lowest BCUT2D eigenvalue weighted by Crippen LogP contribution is -2.41. The third-order valence-corrected chi connectivity index (χ3v) is 2.80. The van der Waals surface area contributed by atoms with E-state index < -0.39 is 5.97 Å². The standard InChI is InChI=1S/C9H18N2O2/c1-11-4-2-3-7(6-11)8(5-10)9(12)13/h7-8H,2-6,10H2,1H3,(H,12,13). The van der Waals surface area contributed by atoms with Crippen molar-refractivity contribution in [3.8, 4) is 0 Å². The predicted octanol–water partition coefficient (Wildman–Crippen LogP) is -0.0123. The Hall–Kier alpha value is -0.610. The molecular weight excluding hydrogens is 168 g/mol. The third kappa shape index (κ3) is 2.67. The van der Waals surface area contributed by atoms with Crippen molar-refractivity contribution in [3.63, 3.8) is 0 Å². The molecule has 2 unspecified atom stereocenters. The molecule has 0 aliphatic carbocycles. The summed E-state index contributed by atoms with van der Waals surface area (Å²) in [4.78, 5) is 13.0. The van der Waals surface area contributed by atoms with Gasteiger partial charge in [0.2, 0.25) is 0 Å². The molecule has 4 nitrogen and oxygen atoms in total. The summed E-state index contributed by atoms with van der Waals surface area (Å²) in [5.74, 6) is -0.869. The van der Waals surface area contributed by atoms with Gasteiger partial charge in [-0.3, -0.25) is 4.79 Å². The summed E-state index contributed by atoms with van der Waals surface area (Å²) in [5.41, 5.74) is 5.45. The fraction of sp³-hybridized carbons (Fsp3) is 0.889. The summed E-state index contributed by atoms with van der Waals surface area (Å²) in [5, 5.41) is 8.91. The summed E-state index contributed by atoms with van der Waals surface area (Å²) < 4.78 is 0. The van der Waals surface area contributed by atoms with Crippen LogP contribution in [0.1, 0.15) is 12.8 Å². The average molecular weight is 186 g/mol. The van der Waals surface area contributed by atoms with Crippen LogP contribution in [0, 0.1) is 11.8 Å². The van der Waals surface area contributed by atoms with Gasteiger partial charge in [0, 0.05) is 13.1 Å². The normalized spacial score (nSPS) is 27.1. The number of hydrogen-bond acceptors (Lipinski definition) is 3. The molecule has 1 fully saturated rings. The molecule has 0 saturated carbocycles. The fourth-order valence-electron chi connectivity index (χ4n) is 2.03. The zero-order valence-electron chi connectivity index (χ0n) is 8.07. The van der Waals surface area contributed by atoms with Crippen molar-refractivity contribution < 1.29 is 9.90 Å². The Morgan fingerprint density at radius 3 is 2.92 bits per heavy atom. The Kier molecular flexibility index (Phi) is 3.69. The van der Waals surface area contributed by atoms with E-state index in [1.165, 1.54) is 0 Å². The van der Waals surface area contributed by atoms with E-state index in [1.54, 1.807) is 0 Å². The molecule has 3 N–H and O–H groups in total. The van der Waals surface area contributed by atoms with Gasteiger partial charge in [-0.1, -0.05) is 0 Å². The van der Waals surface area contributed by atoms with Crippen molar-refractivity contribution in [2.45, 2.75) is 12.8 Å². The molecule has 0 spiro atoms. The lowest BCUT2D eigenvalue weighted by molar-refractivity contribution is -0.144. The lowest BCUT2D eigenvalue weighted by Gasteiger charge is -2.32. The molecule has 1 aliphatic rings. The van der Waals surface area contributed by atoms with Gasteiger partial charge in [0.15, 0.2) is 0 Å². The Labute approximate surface area is 78.7 Å². The second-order valence-corrected chi connectivity index (χ2v) is 3.84. The number of aliphatic carboxylic acids is 1. The van der Waals surface area contributed by atoms with E-state index in [1.807, 2.05) is 7.05 Å². The molecule has 0 amide bonds. The van der Waals surface area contributed by atoms with Crippen LogP contribution in [-0.4, -0.2) is 42.7 Å². The van der Waals surface area contributed by atoms with Crippen molar-refractivity contribution in [2.24, 2.45) is 17.6 Å². The lowest BCUT2D eigenvalue weighted by atomic mass is 9.85. The molecular formula is C9H18N2O2. The van der Waals surface area contributed by atoms with Crippen LogP contribution in [0.2, 0.25) is 0 Å². The van der Waals surface area contributed by atoms with Gasteiger partial charge < -0.3 is 15.7 Å². The predicted molar refractivity (Wildman–Crippen MR) is 50.4 cm³/mol. The van der Waals surface area contributed by atoms with Crippen LogP contribution in [0.5, 0.6) is 0 Å². The number of likely N-dealkylation sites (tertiary alicyclic amines) is 1. The van der Waals surface area contributed by atoms with Crippen LogP contribution in [0.25, 0.3) is 0 Å². The number of nitrogens with two attached hydrogens (primary N) is 1. The maximum atomic E-state index is 10.8. The summed E-state index contributed by atoms with van der Waals surface area (Å²) in [6, 6.07) is 0. The highest BCUT2D eigenvalue weighted by atomic mass is 16.4. The second-order valence-electron chi connectivity index (χ2n) is 3.84. The Morgan fingerprint density at radius 1 is 1.77 bits per heavy atom. The van der Waals surface area contributed by atoms with Gasteiger partial charge in [-0.2, -0.15) is 0 Å². The van der Waals surface area contributed by atoms with Gasteiger partial charge in [-0.05, 0) is 32.4 Å². The number of piperidine rings is 1. The van der Waals surface area contributed by atoms with Crippen LogP contribution < -0.4 is 5.73 Å². The monoisotopic (exact) mass is 186 g/mol. The largest absolute Gasteiger partial charge is 0.481 e. The summed E-state index contributed by atoms with van der Waals surface area (Å²) >= 11 is 0. The van der Waals surface area contributed by atoms with Crippen molar-refractivity contribution in [1.29, 1.82) is 0 Å². The zero-order valence-corrected chi connectivity index (χ0v) is 8.07. The van der Waals surface area contributed by atoms with Gasteiger partial charge in [0.05, 0.1) is 5.92 Å². The molecule has 76 valence electrons.